The fourth-order valence-electron chi connectivity index (χ4n) is 2.34. The Hall–Kier alpha value is -3.42. The standard InChI is InChI=1S/C17H16N4O4/c22-20-9-6-14(21(23)24)12-17(20)19-8-2-10-25-15-4-5-16-13(11-15)3-1-7-18-16/h1,3-7,9,11-12,19H,2,8,10H2. The largest absolute Gasteiger partial charge is 0.711 e. The number of hydrogen-bond acceptors (Lipinski definition) is 6. The van der Waals surface area contributed by atoms with Crippen LogP contribution in [0.3, 0.4) is 0 Å². The van der Waals surface area contributed by atoms with Gasteiger partial charge in [-0.1, -0.05) is 6.07 Å². The van der Waals surface area contributed by atoms with Gasteiger partial charge in [-0.15, -0.1) is 0 Å². The molecular formula is C17H16N4O4. The molecule has 0 radical (unpaired) electrons. The van der Waals surface area contributed by atoms with Crippen LogP contribution in [0.1, 0.15) is 6.42 Å². The maximum Gasteiger partial charge on any atom is 0.284 e. The van der Waals surface area contributed by atoms with Gasteiger partial charge in [0.2, 0.25) is 0 Å². The summed E-state index contributed by atoms with van der Waals surface area (Å²) >= 11 is 0. The second-order valence-corrected chi connectivity index (χ2v) is 5.34. The molecule has 0 fully saturated rings. The van der Waals surface area contributed by atoms with Crippen molar-refractivity contribution in [3.63, 3.8) is 0 Å². The van der Waals surface area contributed by atoms with E-state index in [9.17, 15) is 15.3 Å². The van der Waals surface area contributed by atoms with E-state index in [1.165, 1.54) is 6.07 Å². The number of ether oxygens (including phenoxy) is 1. The van der Waals surface area contributed by atoms with Crippen LogP contribution in [0.25, 0.3) is 10.9 Å². The number of nitrogens with zero attached hydrogens (tertiary/aromatic N) is 3. The van der Waals surface area contributed by atoms with Crippen molar-refractivity contribution in [2.45, 2.75) is 6.42 Å². The molecule has 0 unspecified atom stereocenters. The van der Waals surface area contributed by atoms with Gasteiger partial charge >= 0.3 is 0 Å². The number of fused-ring (bicyclic) bond motifs is 1. The molecule has 0 saturated heterocycles. The second kappa shape index (κ2) is 7.43. The third-order valence-corrected chi connectivity index (χ3v) is 3.58. The van der Waals surface area contributed by atoms with Gasteiger partial charge in [-0.05, 0) is 24.3 Å². The Morgan fingerprint density at radius 2 is 2.12 bits per heavy atom. The zero-order valence-corrected chi connectivity index (χ0v) is 13.3. The minimum atomic E-state index is -0.539. The number of nitro groups is 1. The van der Waals surface area contributed by atoms with E-state index in [-0.39, 0.29) is 11.5 Å². The molecule has 0 aliphatic heterocycles. The van der Waals surface area contributed by atoms with Crippen LogP contribution in [0.15, 0.2) is 54.9 Å². The minimum Gasteiger partial charge on any atom is -0.711 e. The Bertz CT molecular complexity index is 901. The highest BCUT2D eigenvalue weighted by Crippen LogP contribution is 2.19. The molecule has 0 aliphatic rings. The molecule has 8 nitrogen and oxygen atoms in total. The summed E-state index contributed by atoms with van der Waals surface area (Å²) in [5, 5.41) is 26.2. The fraction of sp³-hybridized carbons (Fsp3) is 0.176. The van der Waals surface area contributed by atoms with Crippen molar-refractivity contribution in [2.24, 2.45) is 0 Å². The minimum absolute atomic E-state index is 0.129. The van der Waals surface area contributed by atoms with Gasteiger partial charge in [0.25, 0.3) is 11.5 Å². The Kier molecular flexibility index (Phi) is 4.89. The van der Waals surface area contributed by atoms with Crippen molar-refractivity contribution in [2.75, 3.05) is 18.5 Å². The number of anilines is 1. The Labute approximate surface area is 143 Å². The van der Waals surface area contributed by atoms with Gasteiger partial charge in [0.05, 0.1) is 29.7 Å². The van der Waals surface area contributed by atoms with Crippen LogP contribution in [-0.4, -0.2) is 23.1 Å². The summed E-state index contributed by atoms with van der Waals surface area (Å²) < 4.78 is 6.24. The molecule has 3 rings (SSSR count). The lowest BCUT2D eigenvalue weighted by molar-refractivity contribution is -0.591. The normalized spacial score (nSPS) is 10.6. The Morgan fingerprint density at radius 1 is 1.24 bits per heavy atom. The first-order chi connectivity index (χ1) is 12.1. The number of rotatable bonds is 7. The molecule has 2 heterocycles. The molecule has 0 bridgehead atoms. The maximum atomic E-state index is 11.6. The molecule has 0 spiro atoms. The van der Waals surface area contributed by atoms with Gasteiger partial charge in [-0.25, -0.2) is 4.73 Å². The Balaban J connectivity index is 1.50. The summed E-state index contributed by atoms with van der Waals surface area (Å²) in [6.45, 7) is 0.908. The fourth-order valence-corrected chi connectivity index (χ4v) is 2.34. The summed E-state index contributed by atoms with van der Waals surface area (Å²) in [5.74, 6) is 0.890. The van der Waals surface area contributed by atoms with Gasteiger partial charge < -0.3 is 9.94 Å². The lowest BCUT2D eigenvalue weighted by Crippen LogP contribution is -2.30. The average molecular weight is 340 g/mol. The topological polar surface area (TPSA) is 104 Å². The first kappa shape index (κ1) is 16.4. The van der Waals surface area contributed by atoms with E-state index in [4.69, 9.17) is 4.74 Å². The van der Waals surface area contributed by atoms with Gasteiger partial charge in [0.1, 0.15) is 18.0 Å². The number of benzene rings is 1. The van der Waals surface area contributed by atoms with Crippen LogP contribution < -0.4 is 14.8 Å². The van der Waals surface area contributed by atoms with E-state index in [1.54, 1.807) is 6.20 Å². The van der Waals surface area contributed by atoms with Crippen LogP contribution >= 0.6 is 0 Å². The van der Waals surface area contributed by atoms with E-state index >= 15 is 0 Å². The molecule has 128 valence electrons. The van der Waals surface area contributed by atoms with Gasteiger partial charge in [0.15, 0.2) is 0 Å². The summed E-state index contributed by atoms with van der Waals surface area (Å²) in [7, 11) is 0. The van der Waals surface area contributed by atoms with Crippen LogP contribution in [0.4, 0.5) is 11.5 Å². The highest BCUT2D eigenvalue weighted by Gasteiger charge is 2.12. The lowest BCUT2D eigenvalue weighted by atomic mass is 10.2. The predicted molar refractivity (Wildman–Crippen MR) is 92.4 cm³/mol. The van der Waals surface area contributed by atoms with Crippen molar-refractivity contribution in [1.29, 1.82) is 0 Å². The van der Waals surface area contributed by atoms with Crippen LogP contribution in [0, 0.1) is 15.3 Å². The average Bonchev–Trinajstić information content (AvgIpc) is 2.62. The molecule has 0 saturated carbocycles. The molecule has 0 aliphatic carbocycles. The van der Waals surface area contributed by atoms with E-state index in [0.717, 1.165) is 28.9 Å². The SMILES string of the molecule is O=[N+]([O-])c1cc[n+]([O-])c(NCCCOc2ccc3ncccc3c2)c1. The lowest BCUT2D eigenvalue weighted by Gasteiger charge is -2.09. The van der Waals surface area contributed by atoms with Gasteiger partial charge in [-0.3, -0.25) is 20.4 Å². The van der Waals surface area contributed by atoms with Gasteiger partial charge in [0, 0.05) is 18.0 Å². The first-order valence-electron chi connectivity index (χ1n) is 7.72. The van der Waals surface area contributed by atoms with E-state index in [0.29, 0.717) is 24.3 Å². The molecule has 1 aromatic carbocycles. The predicted octanol–water partition coefficient (Wildman–Crippen LogP) is 2.66. The van der Waals surface area contributed by atoms with Crippen molar-refractivity contribution in [1.82, 2.24) is 4.98 Å². The molecule has 25 heavy (non-hydrogen) atoms. The summed E-state index contributed by atoms with van der Waals surface area (Å²) in [6, 6.07) is 11.9. The summed E-state index contributed by atoms with van der Waals surface area (Å²) in [5.41, 5.74) is 0.776. The Morgan fingerprint density at radius 3 is 2.96 bits per heavy atom. The van der Waals surface area contributed by atoms with Crippen LogP contribution in [-0.2, 0) is 0 Å². The number of aromatic nitrogens is 2. The van der Waals surface area contributed by atoms with Crippen molar-refractivity contribution in [3.8, 4) is 5.75 Å². The zero-order chi connectivity index (χ0) is 17.6. The number of pyridine rings is 2. The van der Waals surface area contributed by atoms with Crippen molar-refractivity contribution < 1.29 is 14.4 Å². The molecule has 1 N–H and O–H groups in total. The zero-order valence-electron chi connectivity index (χ0n) is 13.3. The van der Waals surface area contributed by atoms with E-state index < -0.39 is 4.92 Å². The molecule has 0 amide bonds. The van der Waals surface area contributed by atoms with Crippen molar-refractivity contribution in [3.05, 3.63) is 70.2 Å². The summed E-state index contributed by atoms with van der Waals surface area (Å²) in [4.78, 5) is 14.4. The van der Waals surface area contributed by atoms with Crippen LogP contribution in [0.2, 0.25) is 0 Å². The number of hydrogen-bond donors (Lipinski definition) is 1. The number of nitrogens with one attached hydrogen (secondary N) is 1. The van der Waals surface area contributed by atoms with E-state index in [1.807, 2.05) is 30.3 Å². The highest BCUT2D eigenvalue weighted by molar-refractivity contribution is 5.79. The molecule has 3 aromatic rings. The highest BCUT2D eigenvalue weighted by atomic mass is 16.6. The third kappa shape index (κ3) is 4.11. The molecule has 2 aromatic heterocycles. The summed E-state index contributed by atoms with van der Waals surface area (Å²) in [6.07, 6.45) is 3.48. The molecule has 0 atom stereocenters. The van der Waals surface area contributed by atoms with Crippen LogP contribution in [0.5, 0.6) is 5.75 Å². The maximum absolute atomic E-state index is 11.6. The smallest absolute Gasteiger partial charge is 0.284 e. The third-order valence-electron chi connectivity index (χ3n) is 3.58. The quantitative estimate of drug-likeness (QED) is 0.233. The first-order valence-corrected chi connectivity index (χ1v) is 7.72. The second-order valence-electron chi connectivity index (χ2n) is 5.34. The van der Waals surface area contributed by atoms with Crippen molar-refractivity contribution >= 4 is 22.4 Å². The molecular weight excluding hydrogens is 324 g/mol. The monoisotopic (exact) mass is 340 g/mol. The molecule has 8 heteroatoms. The van der Waals surface area contributed by atoms with E-state index in [2.05, 4.69) is 10.3 Å². The van der Waals surface area contributed by atoms with Gasteiger partial charge in [-0.2, -0.15) is 0 Å².